The lowest BCUT2D eigenvalue weighted by atomic mass is 10.1. The number of carboxylic acids is 1. The van der Waals surface area contributed by atoms with Gasteiger partial charge in [0.05, 0.1) is 5.75 Å². The van der Waals surface area contributed by atoms with E-state index in [1.807, 2.05) is 0 Å². The molecule has 1 N–H and O–H groups in total. The second-order valence-corrected chi connectivity index (χ2v) is 5.50. The number of hydrogen-bond acceptors (Lipinski definition) is 3. The van der Waals surface area contributed by atoms with Crippen LogP contribution >= 0.6 is 0 Å². The minimum Gasteiger partial charge on any atom is -0.480 e. The Labute approximate surface area is 65.1 Å². The fourth-order valence-corrected chi connectivity index (χ4v) is 2.92. The predicted octanol–water partition coefficient (Wildman–Crippen LogP) is 0.0383. The molecule has 1 heterocycles. The predicted molar refractivity (Wildman–Crippen MR) is 39.1 cm³/mol. The van der Waals surface area contributed by atoms with Gasteiger partial charge in [0.25, 0.3) is 0 Å². The van der Waals surface area contributed by atoms with Crippen molar-refractivity contribution in [2.45, 2.75) is 24.5 Å². The molecule has 0 unspecified atom stereocenters. The zero-order chi connectivity index (χ0) is 8.70. The quantitative estimate of drug-likeness (QED) is 0.615. The lowest BCUT2D eigenvalue weighted by molar-refractivity contribution is -0.139. The summed E-state index contributed by atoms with van der Waals surface area (Å²) in [7, 11) is -3.39. The summed E-state index contributed by atoms with van der Waals surface area (Å²) in [5.74, 6) is -1.22. The van der Waals surface area contributed by atoms with Crippen LogP contribution in [-0.2, 0) is 14.6 Å². The van der Waals surface area contributed by atoms with Crippen molar-refractivity contribution in [3.63, 3.8) is 0 Å². The van der Waals surface area contributed by atoms with Crippen LogP contribution in [0.25, 0.3) is 0 Å². The molecule has 1 aliphatic heterocycles. The molecule has 4 nitrogen and oxygen atoms in total. The zero-order valence-corrected chi connectivity index (χ0v) is 7.02. The largest absolute Gasteiger partial charge is 0.480 e. The Bertz CT molecular complexity index is 279. The van der Waals surface area contributed by atoms with Crippen molar-refractivity contribution < 1.29 is 18.3 Å². The highest BCUT2D eigenvalue weighted by Crippen LogP contribution is 2.31. The van der Waals surface area contributed by atoms with E-state index in [1.54, 1.807) is 0 Å². The van der Waals surface area contributed by atoms with Crippen LogP contribution in [0.1, 0.15) is 19.8 Å². The third kappa shape index (κ3) is 1.03. The minimum atomic E-state index is -3.39. The van der Waals surface area contributed by atoms with Crippen LogP contribution in [0.5, 0.6) is 0 Å². The second-order valence-electron chi connectivity index (χ2n) is 2.96. The third-order valence-electron chi connectivity index (χ3n) is 2.21. The van der Waals surface area contributed by atoms with Gasteiger partial charge in [-0.3, -0.25) is 4.79 Å². The van der Waals surface area contributed by atoms with Crippen molar-refractivity contribution in [1.82, 2.24) is 0 Å². The highest BCUT2D eigenvalue weighted by molar-refractivity contribution is 7.93. The Morgan fingerprint density at radius 3 is 2.27 bits per heavy atom. The van der Waals surface area contributed by atoms with Gasteiger partial charge in [-0.1, -0.05) is 0 Å². The summed E-state index contributed by atoms with van der Waals surface area (Å²) < 4.78 is 20.8. The third-order valence-corrected chi connectivity index (χ3v) is 4.78. The summed E-state index contributed by atoms with van der Waals surface area (Å²) >= 11 is 0. The summed E-state index contributed by atoms with van der Waals surface area (Å²) in [6.07, 6.45) is 0.704. The van der Waals surface area contributed by atoms with Gasteiger partial charge in [0.1, 0.15) is 0 Å². The maximum atomic E-state index is 11.1. The van der Waals surface area contributed by atoms with Crippen molar-refractivity contribution in [2.75, 3.05) is 5.75 Å². The number of aliphatic carboxylic acids is 1. The molecule has 1 atom stereocenters. The van der Waals surface area contributed by atoms with Crippen LogP contribution in [0.2, 0.25) is 0 Å². The fourth-order valence-electron chi connectivity index (χ4n) is 1.22. The minimum absolute atomic E-state index is 0.00972. The standard InChI is InChI=1S/C6H10O4S/c1-6(5(7)8)3-2-4-11(6,9)10/h2-4H2,1H3,(H,7,8)/t6-/m1/s1. The first kappa shape index (κ1) is 8.52. The molecule has 1 rings (SSSR count). The number of carbonyl (C=O) groups is 1. The van der Waals surface area contributed by atoms with E-state index in [4.69, 9.17) is 5.11 Å². The van der Waals surface area contributed by atoms with E-state index < -0.39 is 20.6 Å². The molecule has 0 aromatic heterocycles. The van der Waals surface area contributed by atoms with E-state index in [0.717, 1.165) is 0 Å². The van der Waals surface area contributed by atoms with Gasteiger partial charge in [-0.25, -0.2) is 8.42 Å². The van der Waals surface area contributed by atoms with Crippen LogP contribution in [0.3, 0.4) is 0 Å². The average Bonchev–Trinajstić information content (AvgIpc) is 2.09. The Balaban J connectivity index is 3.14. The summed E-state index contributed by atoms with van der Waals surface area (Å²) in [5, 5.41) is 8.63. The number of hydrogen-bond donors (Lipinski definition) is 1. The maximum absolute atomic E-state index is 11.1. The van der Waals surface area contributed by atoms with Gasteiger partial charge in [0.15, 0.2) is 14.6 Å². The first-order valence-corrected chi connectivity index (χ1v) is 5.01. The van der Waals surface area contributed by atoms with Crippen molar-refractivity contribution in [3.05, 3.63) is 0 Å². The van der Waals surface area contributed by atoms with Gasteiger partial charge in [0.2, 0.25) is 0 Å². The lowest BCUT2D eigenvalue weighted by Crippen LogP contribution is -2.39. The van der Waals surface area contributed by atoms with Gasteiger partial charge in [0, 0.05) is 0 Å². The molecule has 11 heavy (non-hydrogen) atoms. The van der Waals surface area contributed by atoms with E-state index in [1.165, 1.54) is 6.92 Å². The molecule has 0 aliphatic carbocycles. The molecule has 0 radical (unpaired) electrons. The molecule has 64 valence electrons. The van der Waals surface area contributed by atoms with E-state index >= 15 is 0 Å². The smallest absolute Gasteiger partial charge is 0.324 e. The first-order chi connectivity index (χ1) is 4.90. The molecule has 0 saturated carbocycles. The Morgan fingerprint density at radius 2 is 2.09 bits per heavy atom. The molecule has 1 aliphatic rings. The number of carboxylic acid groups (broad SMARTS) is 1. The molecule has 0 spiro atoms. The summed E-state index contributed by atoms with van der Waals surface area (Å²) in [5.41, 5.74) is 0. The van der Waals surface area contributed by atoms with E-state index in [9.17, 15) is 13.2 Å². The van der Waals surface area contributed by atoms with Gasteiger partial charge >= 0.3 is 5.97 Å². The molecule has 1 fully saturated rings. The summed E-state index contributed by atoms with van der Waals surface area (Å²) in [4.78, 5) is 10.6. The van der Waals surface area contributed by atoms with E-state index in [-0.39, 0.29) is 12.2 Å². The summed E-state index contributed by atoms with van der Waals surface area (Å²) in [6, 6.07) is 0. The van der Waals surface area contributed by atoms with Gasteiger partial charge in [-0.2, -0.15) is 0 Å². The van der Waals surface area contributed by atoms with Crippen LogP contribution in [-0.4, -0.2) is 30.0 Å². The zero-order valence-electron chi connectivity index (χ0n) is 6.20. The van der Waals surface area contributed by atoms with Crippen molar-refractivity contribution in [2.24, 2.45) is 0 Å². The van der Waals surface area contributed by atoms with Crippen LogP contribution in [0, 0.1) is 0 Å². The van der Waals surface area contributed by atoms with Crippen LogP contribution in [0.4, 0.5) is 0 Å². The lowest BCUT2D eigenvalue weighted by Gasteiger charge is -2.15. The van der Waals surface area contributed by atoms with Crippen LogP contribution < -0.4 is 0 Å². The second kappa shape index (κ2) is 2.20. The fraction of sp³-hybridized carbons (Fsp3) is 0.833. The average molecular weight is 178 g/mol. The van der Waals surface area contributed by atoms with Crippen molar-refractivity contribution >= 4 is 15.8 Å². The maximum Gasteiger partial charge on any atom is 0.324 e. The van der Waals surface area contributed by atoms with Gasteiger partial charge in [-0.15, -0.1) is 0 Å². The molecular formula is C6H10O4S. The van der Waals surface area contributed by atoms with Crippen molar-refractivity contribution in [1.29, 1.82) is 0 Å². The Morgan fingerprint density at radius 1 is 1.55 bits per heavy atom. The summed E-state index contributed by atoms with van der Waals surface area (Å²) in [6.45, 7) is 1.28. The normalized spacial score (nSPS) is 35.4. The molecule has 0 aromatic rings. The Hall–Kier alpha value is -0.580. The van der Waals surface area contributed by atoms with Gasteiger partial charge < -0.3 is 5.11 Å². The molecule has 0 aromatic carbocycles. The first-order valence-electron chi connectivity index (χ1n) is 3.36. The van der Waals surface area contributed by atoms with Crippen LogP contribution in [0.15, 0.2) is 0 Å². The molecule has 0 bridgehead atoms. The monoisotopic (exact) mass is 178 g/mol. The molecular weight excluding hydrogens is 168 g/mol. The number of rotatable bonds is 1. The van der Waals surface area contributed by atoms with Gasteiger partial charge in [-0.05, 0) is 19.8 Å². The molecule has 5 heteroatoms. The number of sulfone groups is 1. The van der Waals surface area contributed by atoms with E-state index in [0.29, 0.717) is 6.42 Å². The van der Waals surface area contributed by atoms with Crippen molar-refractivity contribution in [3.8, 4) is 0 Å². The SMILES string of the molecule is C[C@]1(C(=O)O)CCCS1(=O)=O. The van der Waals surface area contributed by atoms with E-state index in [2.05, 4.69) is 0 Å². The highest BCUT2D eigenvalue weighted by atomic mass is 32.2. The molecule has 1 saturated heterocycles. The topological polar surface area (TPSA) is 71.4 Å². The molecule has 0 amide bonds. The highest BCUT2D eigenvalue weighted by Gasteiger charge is 2.49. The Kier molecular flexibility index (Phi) is 1.70.